The number of ether oxygens (including phenoxy) is 1. The molecular weight excluding hydrogens is 416 g/mol. The molecule has 0 fully saturated rings. The lowest BCUT2D eigenvalue weighted by atomic mass is 10.2. The molecule has 0 atom stereocenters. The number of benzene rings is 1. The number of rotatable bonds is 5. The molecule has 0 aliphatic carbocycles. The number of hydrogen-bond donors (Lipinski definition) is 1. The molecule has 0 aliphatic rings. The molecule has 3 aromatic rings. The van der Waals surface area contributed by atoms with E-state index in [1.807, 2.05) is 25.1 Å². The molecule has 10 heteroatoms. The maximum atomic E-state index is 12.5. The van der Waals surface area contributed by atoms with Crippen molar-refractivity contribution in [2.75, 3.05) is 12.5 Å². The van der Waals surface area contributed by atoms with Gasteiger partial charge in [0.25, 0.3) is 5.56 Å². The summed E-state index contributed by atoms with van der Waals surface area (Å²) in [7, 11) is 4.61. The van der Waals surface area contributed by atoms with Crippen LogP contribution in [0, 0.1) is 0 Å². The molecule has 0 unspecified atom stereocenters. The third-order valence-electron chi connectivity index (χ3n) is 4.22. The molecule has 0 amide bonds. The van der Waals surface area contributed by atoms with Crippen LogP contribution < -0.4 is 21.4 Å². The van der Waals surface area contributed by atoms with E-state index in [1.54, 1.807) is 24.9 Å². The Morgan fingerprint density at radius 1 is 1.30 bits per heavy atom. The normalized spacial score (nSPS) is 11.4. The van der Waals surface area contributed by atoms with Crippen LogP contribution in [0.25, 0.3) is 11.2 Å². The van der Waals surface area contributed by atoms with Gasteiger partial charge in [0.2, 0.25) is 5.95 Å². The van der Waals surface area contributed by atoms with Crippen LogP contribution in [0.15, 0.2) is 37.4 Å². The highest BCUT2D eigenvalue weighted by Crippen LogP contribution is 2.21. The lowest BCUT2D eigenvalue weighted by Gasteiger charge is -2.06. The van der Waals surface area contributed by atoms with E-state index >= 15 is 0 Å². The van der Waals surface area contributed by atoms with E-state index in [4.69, 9.17) is 4.74 Å². The Kier molecular flexibility index (Phi) is 5.17. The lowest BCUT2D eigenvalue weighted by Crippen LogP contribution is -2.37. The summed E-state index contributed by atoms with van der Waals surface area (Å²) >= 11 is 3.41. The summed E-state index contributed by atoms with van der Waals surface area (Å²) in [6, 6.07) is 5.56. The van der Waals surface area contributed by atoms with Gasteiger partial charge in [-0.3, -0.25) is 13.9 Å². The lowest BCUT2D eigenvalue weighted by molar-refractivity contribution is 0.414. The van der Waals surface area contributed by atoms with Gasteiger partial charge in [0.1, 0.15) is 5.75 Å². The molecule has 0 saturated carbocycles. The predicted octanol–water partition coefficient (Wildman–Crippen LogP) is 1.67. The second-order valence-electron chi connectivity index (χ2n) is 5.81. The number of halogens is 1. The first-order valence-electron chi connectivity index (χ1n) is 8.17. The molecule has 3 rings (SSSR count). The molecule has 0 saturated heterocycles. The highest BCUT2D eigenvalue weighted by molar-refractivity contribution is 9.10. The van der Waals surface area contributed by atoms with E-state index in [1.165, 1.54) is 11.6 Å². The molecule has 0 bridgehead atoms. The maximum absolute atomic E-state index is 12.5. The predicted molar refractivity (Wildman–Crippen MR) is 108 cm³/mol. The molecule has 2 heterocycles. The van der Waals surface area contributed by atoms with Crippen molar-refractivity contribution in [3.63, 3.8) is 0 Å². The van der Waals surface area contributed by atoms with Crippen molar-refractivity contribution < 1.29 is 4.74 Å². The number of hydrogen-bond acceptors (Lipinski definition) is 6. The number of aryl methyl sites for hydroxylation is 2. The third kappa shape index (κ3) is 3.27. The molecule has 9 nitrogen and oxygen atoms in total. The Bertz CT molecular complexity index is 1160. The third-order valence-corrected chi connectivity index (χ3v) is 4.72. The molecule has 1 aromatic carbocycles. The van der Waals surface area contributed by atoms with Gasteiger partial charge in [-0.05, 0) is 25.1 Å². The first-order chi connectivity index (χ1) is 12.9. The van der Waals surface area contributed by atoms with Crippen LogP contribution >= 0.6 is 15.9 Å². The zero-order valence-electron chi connectivity index (χ0n) is 15.4. The zero-order valence-corrected chi connectivity index (χ0v) is 16.9. The smallest absolute Gasteiger partial charge is 0.332 e. The van der Waals surface area contributed by atoms with Gasteiger partial charge in [0.05, 0.1) is 13.3 Å². The molecule has 1 N–H and O–H groups in total. The van der Waals surface area contributed by atoms with E-state index in [9.17, 15) is 9.59 Å². The molecule has 142 valence electrons. The van der Waals surface area contributed by atoms with Crippen molar-refractivity contribution in [1.82, 2.24) is 18.7 Å². The van der Waals surface area contributed by atoms with Gasteiger partial charge < -0.3 is 9.30 Å². The summed E-state index contributed by atoms with van der Waals surface area (Å²) in [5, 5.41) is 4.21. The van der Waals surface area contributed by atoms with E-state index in [0.29, 0.717) is 29.4 Å². The van der Waals surface area contributed by atoms with E-state index in [0.717, 1.165) is 14.6 Å². The Morgan fingerprint density at radius 2 is 2.04 bits per heavy atom. The van der Waals surface area contributed by atoms with Crippen molar-refractivity contribution in [1.29, 1.82) is 0 Å². The van der Waals surface area contributed by atoms with Crippen molar-refractivity contribution in [3.05, 3.63) is 49.1 Å². The number of methoxy groups -OCH3 is 1. The van der Waals surface area contributed by atoms with Crippen LogP contribution in [0.5, 0.6) is 5.75 Å². The number of nitrogens with one attached hydrogen (secondary N) is 1. The topological polar surface area (TPSA) is 95.4 Å². The summed E-state index contributed by atoms with van der Waals surface area (Å²) in [5.41, 5.74) is 3.45. The fourth-order valence-electron chi connectivity index (χ4n) is 2.81. The van der Waals surface area contributed by atoms with Crippen molar-refractivity contribution in [3.8, 4) is 5.75 Å². The largest absolute Gasteiger partial charge is 0.496 e. The fourth-order valence-corrected chi connectivity index (χ4v) is 3.18. The Labute approximate surface area is 163 Å². The minimum absolute atomic E-state index is 0.308. The molecule has 27 heavy (non-hydrogen) atoms. The highest BCUT2D eigenvalue weighted by atomic mass is 79.9. The number of aromatic nitrogens is 4. The number of anilines is 1. The summed E-state index contributed by atoms with van der Waals surface area (Å²) in [5.74, 6) is 1.04. The minimum atomic E-state index is -0.429. The molecule has 2 aromatic heterocycles. The van der Waals surface area contributed by atoms with Crippen molar-refractivity contribution >= 4 is 39.3 Å². The molecular formula is C17H19BrN6O3. The summed E-state index contributed by atoms with van der Waals surface area (Å²) in [6.07, 6.45) is 1.60. The van der Waals surface area contributed by atoms with Crippen molar-refractivity contribution in [2.24, 2.45) is 19.2 Å². The van der Waals surface area contributed by atoms with Crippen LogP contribution in [0.4, 0.5) is 5.95 Å². The summed E-state index contributed by atoms with van der Waals surface area (Å²) in [4.78, 5) is 29.0. The Hall–Kier alpha value is -2.88. The first kappa shape index (κ1) is 18.9. The molecule has 0 spiro atoms. The van der Waals surface area contributed by atoms with Gasteiger partial charge in [0.15, 0.2) is 11.2 Å². The second-order valence-corrected chi connectivity index (χ2v) is 6.73. The first-order valence-corrected chi connectivity index (χ1v) is 8.97. The van der Waals surface area contributed by atoms with Gasteiger partial charge in [0, 0.05) is 30.7 Å². The van der Waals surface area contributed by atoms with Gasteiger partial charge >= 0.3 is 5.69 Å². The maximum Gasteiger partial charge on any atom is 0.332 e. The number of fused-ring (bicyclic) bond motifs is 1. The zero-order chi connectivity index (χ0) is 19.7. The van der Waals surface area contributed by atoms with Gasteiger partial charge in [-0.15, -0.1) is 0 Å². The van der Waals surface area contributed by atoms with Gasteiger partial charge in [-0.2, -0.15) is 10.1 Å². The summed E-state index contributed by atoms with van der Waals surface area (Å²) < 4.78 is 10.3. The van der Waals surface area contributed by atoms with Crippen LogP contribution in [-0.2, 0) is 20.6 Å². The number of imidazole rings is 1. The quantitative estimate of drug-likeness (QED) is 0.486. The molecule has 0 aliphatic heterocycles. The Balaban J connectivity index is 2.05. The average molecular weight is 435 g/mol. The average Bonchev–Trinajstić information content (AvgIpc) is 3.03. The number of nitrogens with zero attached hydrogens (tertiary/aromatic N) is 5. The highest BCUT2D eigenvalue weighted by Gasteiger charge is 2.17. The fraction of sp³-hybridized carbons (Fsp3) is 0.294. The summed E-state index contributed by atoms with van der Waals surface area (Å²) in [6.45, 7) is 2.37. The van der Waals surface area contributed by atoms with E-state index in [-0.39, 0.29) is 0 Å². The van der Waals surface area contributed by atoms with Crippen molar-refractivity contribution in [2.45, 2.75) is 13.5 Å². The van der Waals surface area contributed by atoms with Crippen LogP contribution in [0.3, 0.4) is 0 Å². The minimum Gasteiger partial charge on any atom is -0.496 e. The second kappa shape index (κ2) is 7.39. The van der Waals surface area contributed by atoms with Gasteiger partial charge in [-0.1, -0.05) is 15.9 Å². The standard InChI is InChI=1S/C17H19BrN6O3/c1-5-24-13-14(22(2)17(26)23(3)15(13)25)20-16(24)21-19-9-10-8-11(18)6-7-12(10)27-4/h6-9H,5H2,1-4H3,(H,20,21). The van der Waals surface area contributed by atoms with E-state index in [2.05, 4.69) is 31.4 Å². The molecule has 0 radical (unpaired) electrons. The monoisotopic (exact) mass is 434 g/mol. The van der Waals surface area contributed by atoms with Crippen LogP contribution in [-0.4, -0.2) is 32.0 Å². The SMILES string of the molecule is CCn1c(NN=Cc2cc(Br)ccc2OC)nc2c1c(=O)n(C)c(=O)n2C. The Morgan fingerprint density at radius 3 is 2.70 bits per heavy atom. The van der Waals surface area contributed by atoms with Crippen LogP contribution in [0.1, 0.15) is 12.5 Å². The number of hydrazone groups is 1. The van der Waals surface area contributed by atoms with E-state index < -0.39 is 11.2 Å². The van der Waals surface area contributed by atoms with Crippen LogP contribution in [0.2, 0.25) is 0 Å². The van der Waals surface area contributed by atoms with Gasteiger partial charge in [-0.25, -0.2) is 10.2 Å².